The molecule has 0 aliphatic rings. The van der Waals surface area contributed by atoms with Gasteiger partial charge >= 0.3 is 0 Å². The van der Waals surface area contributed by atoms with Crippen LogP contribution >= 0.6 is 23.2 Å². The van der Waals surface area contributed by atoms with E-state index in [0.29, 0.717) is 32.7 Å². The second kappa shape index (κ2) is 7.58. The minimum atomic E-state index is -0.606. The van der Waals surface area contributed by atoms with Crippen molar-refractivity contribution in [1.82, 2.24) is 4.98 Å². The van der Waals surface area contributed by atoms with Crippen LogP contribution in [0.1, 0.15) is 10.4 Å². The molecule has 0 atom stereocenters. The van der Waals surface area contributed by atoms with E-state index in [9.17, 15) is 9.18 Å². The summed E-state index contributed by atoms with van der Waals surface area (Å²) in [6.07, 6.45) is 0. The number of anilines is 1. The highest BCUT2D eigenvalue weighted by Gasteiger charge is 2.16. The quantitative estimate of drug-likeness (QED) is 0.413. The van der Waals surface area contributed by atoms with Gasteiger partial charge < -0.3 is 5.32 Å². The highest BCUT2D eigenvalue weighted by Crippen LogP contribution is 2.30. The molecule has 0 bridgehead atoms. The van der Waals surface area contributed by atoms with Crippen molar-refractivity contribution in [2.45, 2.75) is 0 Å². The van der Waals surface area contributed by atoms with E-state index < -0.39 is 11.7 Å². The monoisotopic (exact) mass is 410 g/mol. The Hall–Kier alpha value is -2.95. The Kier molecular flexibility index (Phi) is 4.99. The van der Waals surface area contributed by atoms with E-state index >= 15 is 0 Å². The van der Waals surface area contributed by atoms with E-state index in [0.717, 1.165) is 6.07 Å². The zero-order valence-electron chi connectivity index (χ0n) is 14.4. The molecule has 0 fully saturated rings. The van der Waals surface area contributed by atoms with Gasteiger partial charge in [0.25, 0.3) is 5.91 Å². The molecule has 1 amide bonds. The number of para-hydroxylation sites is 1. The average molecular weight is 411 g/mol. The molecular formula is C22H13Cl2FN2O. The average Bonchev–Trinajstić information content (AvgIpc) is 2.69. The van der Waals surface area contributed by atoms with Crippen molar-refractivity contribution in [3.05, 3.63) is 94.2 Å². The van der Waals surface area contributed by atoms with Crippen molar-refractivity contribution in [2.75, 3.05) is 5.32 Å². The van der Waals surface area contributed by atoms with Crippen LogP contribution < -0.4 is 5.32 Å². The molecule has 1 heterocycles. The Balaban J connectivity index is 1.83. The van der Waals surface area contributed by atoms with Crippen molar-refractivity contribution < 1.29 is 9.18 Å². The van der Waals surface area contributed by atoms with Gasteiger partial charge in [0.2, 0.25) is 0 Å². The number of hydrogen-bond donors (Lipinski definition) is 1. The van der Waals surface area contributed by atoms with Crippen molar-refractivity contribution >= 4 is 45.7 Å². The maximum Gasteiger partial charge on any atom is 0.256 e. The molecule has 0 aliphatic heterocycles. The van der Waals surface area contributed by atoms with Crippen molar-refractivity contribution in [3.63, 3.8) is 0 Å². The Labute approximate surface area is 170 Å². The Morgan fingerprint density at radius 3 is 2.46 bits per heavy atom. The molecule has 0 aliphatic carbocycles. The summed E-state index contributed by atoms with van der Waals surface area (Å²) < 4.78 is 14.1. The van der Waals surface area contributed by atoms with Crippen molar-refractivity contribution in [1.29, 1.82) is 0 Å². The number of rotatable bonds is 3. The van der Waals surface area contributed by atoms with E-state index in [-0.39, 0.29) is 10.7 Å². The normalized spacial score (nSPS) is 10.8. The van der Waals surface area contributed by atoms with Gasteiger partial charge in [0.15, 0.2) is 0 Å². The molecule has 3 nitrogen and oxygen atoms in total. The summed E-state index contributed by atoms with van der Waals surface area (Å²) in [6, 6.07) is 20.3. The lowest BCUT2D eigenvalue weighted by molar-refractivity contribution is 0.102. The van der Waals surface area contributed by atoms with Gasteiger partial charge in [-0.05, 0) is 36.4 Å². The Morgan fingerprint density at radius 2 is 1.68 bits per heavy atom. The molecule has 0 saturated heterocycles. The lowest BCUT2D eigenvalue weighted by atomic mass is 10.0. The fourth-order valence-electron chi connectivity index (χ4n) is 2.95. The fraction of sp³-hybridized carbons (Fsp3) is 0. The van der Waals surface area contributed by atoms with E-state index in [2.05, 4.69) is 10.3 Å². The van der Waals surface area contributed by atoms with E-state index in [1.54, 1.807) is 18.2 Å². The maximum absolute atomic E-state index is 14.1. The van der Waals surface area contributed by atoms with Crippen molar-refractivity contribution in [3.8, 4) is 11.3 Å². The zero-order chi connectivity index (χ0) is 19.7. The molecular weight excluding hydrogens is 398 g/mol. The second-order valence-electron chi connectivity index (χ2n) is 6.13. The number of nitrogens with zero attached hydrogens (tertiary/aromatic N) is 1. The number of carbonyl (C=O) groups is 1. The molecule has 1 aromatic heterocycles. The zero-order valence-corrected chi connectivity index (χ0v) is 15.9. The summed E-state index contributed by atoms with van der Waals surface area (Å²) in [5.74, 6) is -1.06. The van der Waals surface area contributed by atoms with Crippen molar-refractivity contribution in [2.24, 2.45) is 0 Å². The van der Waals surface area contributed by atoms with Crippen LogP contribution in [0.15, 0.2) is 72.8 Å². The first-order chi connectivity index (χ1) is 13.5. The number of hydrogen-bond acceptors (Lipinski definition) is 2. The number of carbonyl (C=O) groups excluding carboxylic acids is 1. The smallest absolute Gasteiger partial charge is 0.256 e. The second-order valence-corrected chi connectivity index (χ2v) is 6.97. The molecule has 1 N–H and O–H groups in total. The van der Waals surface area contributed by atoms with Gasteiger partial charge in [-0.3, -0.25) is 4.79 Å². The summed E-state index contributed by atoms with van der Waals surface area (Å²) in [5.41, 5.74) is 2.33. The van der Waals surface area contributed by atoms with Crippen LogP contribution in [0, 0.1) is 5.82 Å². The predicted molar refractivity (Wildman–Crippen MR) is 112 cm³/mol. The third-order valence-corrected chi connectivity index (χ3v) is 4.85. The lowest BCUT2D eigenvalue weighted by Gasteiger charge is -2.12. The van der Waals surface area contributed by atoms with Crippen LogP contribution in [-0.4, -0.2) is 10.9 Å². The summed E-state index contributed by atoms with van der Waals surface area (Å²) in [4.78, 5) is 17.6. The molecule has 4 rings (SSSR count). The largest absolute Gasteiger partial charge is 0.319 e. The van der Waals surface area contributed by atoms with Crippen LogP contribution in [0.3, 0.4) is 0 Å². The highest BCUT2D eigenvalue weighted by atomic mass is 35.5. The first-order valence-electron chi connectivity index (χ1n) is 8.44. The van der Waals surface area contributed by atoms with Gasteiger partial charge in [0.1, 0.15) is 5.82 Å². The summed E-state index contributed by atoms with van der Waals surface area (Å²) in [7, 11) is 0. The molecule has 0 spiro atoms. The number of benzene rings is 3. The van der Waals surface area contributed by atoms with Crippen LogP contribution in [0.5, 0.6) is 0 Å². The van der Waals surface area contributed by atoms with Gasteiger partial charge in [-0.25, -0.2) is 9.37 Å². The number of halogens is 3. The summed E-state index contributed by atoms with van der Waals surface area (Å²) >= 11 is 12.1. The molecule has 28 heavy (non-hydrogen) atoms. The summed E-state index contributed by atoms with van der Waals surface area (Å²) in [5, 5.41) is 4.05. The highest BCUT2D eigenvalue weighted by molar-refractivity contribution is 6.33. The Bertz CT molecular complexity index is 1210. The number of pyridine rings is 1. The fourth-order valence-corrected chi connectivity index (χ4v) is 3.34. The Morgan fingerprint density at radius 1 is 0.929 bits per heavy atom. The van der Waals surface area contributed by atoms with Crippen LogP contribution in [0.2, 0.25) is 10.0 Å². The number of amides is 1. The molecule has 3 aromatic carbocycles. The van der Waals surface area contributed by atoms with Crippen LogP contribution in [-0.2, 0) is 0 Å². The third kappa shape index (κ3) is 3.57. The third-order valence-electron chi connectivity index (χ3n) is 4.29. The first kappa shape index (κ1) is 18.4. The van der Waals surface area contributed by atoms with E-state index in [1.165, 1.54) is 12.1 Å². The number of aromatic nitrogens is 1. The van der Waals surface area contributed by atoms with Gasteiger partial charge in [0.05, 0.1) is 22.5 Å². The lowest BCUT2D eigenvalue weighted by Crippen LogP contribution is -2.14. The molecule has 0 radical (unpaired) electrons. The van der Waals surface area contributed by atoms with Gasteiger partial charge in [-0.2, -0.15) is 0 Å². The van der Waals surface area contributed by atoms with E-state index in [4.69, 9.17) is 23.2 Å². The topological polar surface area (TPSA) is 42.0 Å². The predicted octanol–water partition coefficient (Wildman–Crippen LogP) is 6.60. The standard InChI is InChI=1S/C22H13Cl2FN2O/c23-13-9-10-20(18(25)11-13)27-22(28)16-12-21(15-6-1-3-7-17(15)24)26-19-8-4-2-5-14(16)19/h1-12H,(H,27,28). The number of nitrogens with one attached hydrogen (secondary N) is 1. The SMILES string of the molecule is O=C(Nc1ccc(Cl)cc1F)c1cc(-c2ccccc2Cl)nc2ccccc12. The molecule has 4 aromatic rings. The van der Waals surface area contributed by atoms with Gasteiger partial charge in [0, 0.05) is 21.0 Å². The van der Waals surface area contributed by atoms with Crippen LogP contribution in [0.25, 0.3) is 22.2 Å². The summed E-state index contributed by atoms with van der Waals surface area (Å²) in [6.45, 7) is 0. The maximum atomic E-state index is 14.1. The molecule has 138 valence electrons. The van der Waals surface area contributed by atoms with Gasteiger partial charge in [-0.15, -0.1) is 0 Å². The minimum absolute atomic E-state index is 0.0505. The minimum Gasteiger partial charge on any atom is -0.319 e. The van der Waals surface area contributed by atoms with E-state index in [1.807, 2.05) is 36.4 Å². The number of fused-ring (bicyclic) bond motifs is 1. The van der Waals surface area contributed by atoms with Crippen LogP contribution in [0.4, 0.5) is 10.1 Å². The molecule has 0 saturated carbocycles. The molecule has 6 heteroatoms. The molecule has 0 unspecified atom stereocenters. The first-order valence-corrected chi connectivity index (χ1v) is 9.19. The van der Waals surface area contributed by atoms with Gasteiger partial charge in [-0.1, -0.05) is 59.6 Å².